The molecule has 0 fully saturated rings. The van der Waals surface area contributed by atoms with E-state index in [1.807, 2.05) is 17.1 Å². The summed E-state index contributed by atoms with van der Waals surface area (Å²) in [5, 5.41) is 0. The molecular weight excluding hydrogens is 162 g/mol. The van der Waals surface area contributed by atoms with Crippen molar-refractivity contribution in [2.45, 2.75) is 6.54 Å². The second kappa shape index (κ2) is 3.75. The largest absolute Gasteiger partial charge is 0.328 e. The van der Waals surface area contributed by atoms with Crippen molar-refractivity contribution >= 4 is 6.20 Å². The van der Waals surface area contributed by atoms with E-state index in [0.29, 0.717) is 0 Å². The summed E-state index contributed by atoms with van der Waals surface area (Å²) in [7, 11) is 6.60. The van der Waals surface area contributed by atoms with Gasteiger partial charge in [-0.05, 0) is 0 Å². The van der Waals surface area contributed by atoms with Gasteiger partial charge in [-0.15, -0.1) is 0 Å². The molecule has 0 atom stereocenters. The second-order valence-corrected chi connectivity index (χ2v) is 4.30. The van der Waals surface area contributed by atoms with Gasteiger partial charge in [0.2, 0.25) is 6.33 Å². The van der Waals surface area contributed by atoms with Crippen molar-refractivity contribution in [2.75, 3.05) is 27.7 Å². The molecule has 0 N–H and O–H groups in total. The molecule has 1 aromatic heterocycles. The number of hydrogen-bond donors (Lipinski definition) is 0. The molecule has 0 saturated carbocycles. The van der Waals surface area contributed by atoms with E-state index < -0.39 is 0 Å². The van der Waals surface area contributed by atoms with E-state index in [2.05, 4.69) is 38.5 Å². The third-order valence-electron chi connectivity index (χ3n) is 1.95. The maximum absolute atomic E-state index is 3.70. The van der Waals surface area contributed by atoms with Crippen LogP contribution in [-0.2, 0) is 6.54 Å². The van der Waals surface area contributed by atoms with Gasteiger partial charge in [0.05, 0.1) is 27.3 Å². The molecule has 0 aliphatic heterocycles. The molecule has 13 heavy (non-hydrogen) atoms. The Morgan fingerprint density at radius 2 is 2.15 bits per heavy atom. The number of hydrogen-bond acceptors (Lipinski definition) is 0. The molecular formula is C10H19N3+2. The minimum absolute atomic E-state index is 0.992. The summed E-state index contributed by atoms with van der Waals surface area (Å²) in [6.45, 7) is 5.88. The summed E-state index contributed by atoms with van der Waals surface area (Å²) in [5.74, 6) is 0. The van der Waals surface area contributed by atoms with Crippen LogP contribution >= 0.6 is 0 Å². The first-order valence-corrected chi connectivity index (χ1v) is 4.51. The van der Waals surface area contributed by atoms with Crippen molar-refractivity contribution in [1.29, 1.82) is 0 Å². The fourth-order valence-corrected chi connectivity index (χ4v) is 1.07. The fraction of sp³-hybridized carbons (Fsp3) is 0.500. The molecule has 0 aromatic carbocycles. The number of aromatic nitrogens is 2. The zero-order valence-corrected chi connectivity index (χ0v) is 8.77. The molecule has 0 spiro atoms. The van der Waals surface area contributed by atoms with Crippen molar-refractivity contribution in [3.63, 3.8) is 0 Å². The van der Waals surface area contributed by atoms with Crippen LogP contribution in [0.4, 0.5) is 0 Å². The SMILES string of the molecule is C=Cn1cc[n+](CC[N+](C)(C)C)c1. The predicted molar refractivity (Wildman–Crippen MR) is 53.9 cm³/mol. The lowest BCUT2D eigenvalue weighted by molar-refractivity contribution is -0.892. The molecule has 72 valence electrons. The smallest absolute Gasteiger partial charge is 0.248 e. The predicted octanol–water partition coefficient (Wildman–Crippen LogP) is 0.582. The van der Waals surface area contributed by atoms with Crippen molar-refractivity contribution in [3.8, 4) is 0 Å². The Kier molecular flexibility index (Phi) is 2.88. The fourth-order valence-electron chi connectivity index (χ4n) is 1.07. The second-order valence-electron chi connectivity index (χ2n) is 4.30. The van der Waals surface area contributed by atoms with Crippen LogP contribution in [0.25, 0.3) is 6.20 Å². The van der Waals surface area contributed by atoms with Gasteiger partial charge in [-0.3, -0.25) is 0 Å². The molecule has 1 rings (SSSR count). The topological polar surface area (TPSA) is 8.81 Å². The summed E-state index contributed by atoms with van der Waals surface area (Å²) >= 11 is 0. The number of rotatable bonds is 4. The molecule has 0 radical (unpaired) electrons. The summed E-state index contributed by atoms with van der Waals surface area (Å²) < 4.78 is 5.12. The molecule has 0 saturated heterocycles. The maximum atomic E-state index is 3.70. The van der Waals surface area contributed by atoms with Crippen LogP contribution in [0.15, 0.2) is 25.3 Å². The van der Waals surface area contributed by atoms with Crippen LogP contribution in [0.3, 0.4) is 0 Å². The van der Waals surface area contributed by atoms with E-state index in [4.69, 9.17) is 0 Å². The quantitative estimate of drug-likeness (QED) is 0.475. The summed E-state index contributed by atoms with van der Waals surface area (Å²) in [6, 6.07) is 0. The average molecular weight is 181 g/mol. The van der Waals surface area contributed by atoms with Gasteiger partial charge >= 0.3 is 0 Å². The average Bonchev–Trinajstić information content (AvgIpc) is 2.47. The van der Waals surface area contributed by atoms with E-state index in [1.165, 1.54) is 0 Å². The van der Waals surface area contributed by atoms with Crippen molar-refractivity contribution < 1.29 is 9.05 Å². The first kappa shape index (κ1) is 9.99. The highest BCUT2D eigenvalue weighted by atomic mass is 15.3. The Balaban J connectivity index is 2.50. The standard InChI is InChI=1S/C10H19N3/c1-5-11-6-7-12(10-11)8-9-13(2,3)4/h5-7,10H,1,8-9H2,2-4H3/q+2. The number of imidazole rings is 1. The maximum Gasteiger partial charge on any atom is 0.248 e. The number of quaternary nitrogens is 1. The zero-order chi connectivity index (χ0) is 9.90. The van der Waals surface area contributed by atoms with Crippen LogP contribution < -0.4 is 4.57 Å². The Morgan fingerprint density at radius 3 is 2.62 bits per heavy atom. The molecule has 0 aliphatic carbocycles. The highest BCUT2D eigenvalue weighted by Gasteiger charge is 2.09. The highest BCUT2D eigenvalue weighted by molar-refractivity contribution is 5.12. The first-order chi connectivity index (χ1) is 6.01. The van der Waals surface area contributed by atoms with Crippen LogP contribution in [0.2, 0.25) is 0 Å². The van der Waals surface area contributed by atoms with E-state index in [9.17, 15) is 0 Å². The molecule has 3 nitrogen and oxygen atoms in total. The van der Waals surface area contributed by atoms with E-state index in [1.54, 1.807) is 6.20 Å². The highest BCUT2D eigenvalue weighted by Crippen LogP contribution is 1.89. The molecule has 1 aromatic rings. The normalized spacial score (nSPS) is 11.6. The molecule has 0 aliphatic rings. The van der Waals surface area contributed by atoms with E-state index in [-0.39, 0.29) is 0 Å². The molecule has 0 amide bonds. The van der Waals surface area contributed by atoms with Crippen molar-refractivity contribution in [3.05, 3.63) is 25.3 Å². The monoisotopic (exact) mass is 181 g/mol. The third-order valence-corrected chi connectivity index (χ3v) is 1.95. The minimum Gasteiger partial charge on any atom is -0.328 e. The van der Waals surface area contributed by atoms with Gasteiger partial charge < -0.3 is 4.48 Å². The lowest BCUT2D eigenvalue weighted by Gasteiger charge is -2.22. The van der Waals surface area contributed by atoms with Gasteiger partial charge in [0.25, 0.3) is 0 Å². The number of nitrogens with zero attached hydrogens (tertiary/aromatic N) is 3. The van der Waals surface area contributed by atoms with Crippen LogP contribution in [-0.4, -0.2) is 36.7 Å². The third kappa shape index (κ3) is 3.42. The van der Waals surface area contributed by atoms with Crippen LogP contribution in [0.1, 0.15) is 0 Å². The summed E-state index contributed by atoms with van der Waals surface area (Å²) in [4.78, 5) is 0. The van der Waals surface area contributed by atoms with E-state index >= 15 is 0 Å². The van der Waals surface area contributed by atoms with Gasteiger partial charge in [0.15, 0.2) is 0 Å². The molecule has 0 bridgehead atoms. The van der Waals surface area contributed by atoms with Crippen LogP contribution in [0, 0.1) is 0 Å². The molecule has 3 heteroatoms. The first-order valence-electron chi connectivity index (χ1n) is 4.51. The minimum atomic E-state index is 0.992. The summed E-state index contributed by atoms with van der Waals surface area (Å²) in [6.07, 6.45) is 7.91. The Morgan fingerprint density at radius 1 is 1.46 bits per heavy atom. The van der Waals surface area contributed by atoms with Gasteiger partial charge in [0, 0.05) is 0 Å². The lowest BCUT2D eigenvalue weighted by Crippen LogP contribution is -2.44. The van der Waals surface area contributed by atoms with Gasteiger partial charge in [-0.25, -0.2) is 9.13 Å². The Hall–Kier alpha value is -1.09. The van der Waals surface area contributed by atoms with E-state index in [0.717, 1.165) is 17.6 Å². The molecule has 1 heterocycles. The Labute approximate surface area is 80.1 Å². The summed E-state index contributed by atoms with van der Waals surface area (Å²) in [5.41, 5.74) is 0. The van der Waals surface area contributed by atoms with Crippen molar-refractivity contribution in [1.82, 2.24) is 4.57 Å². The van der Waals surface area contributed by atoms with Crippen LogP contribution in [0.5, 0.6) is 0 Å². The van der Waals surface area contributed by atoms with Gasteiger partial charge in [-0.2, -0.15) is 0 Å². The number of likely N-dealkylation sites (N-methyl/N-ethyl adjacent to an activating group) is 1. The Bertz CT molecular complexity index is 281. The van der Waals surface area contributed by atoms with Gasteiger partial charge in [0.1, 0.15) is 25.5 Å². The molecule has 0 unspecified atom stereocenters. The lowest BCUT2D eigenvalue weighted by atomic mass is 10.5. The van der Waals surface area contributed by atoms with Gasteiger partial charge in [-0.1, -0.05) is 6.58 Å². The van der Waals surface area contributed by atoms with Crippen molar-refractivity contribution in [2.24, 2.45) is 0 Å². The zero-order valence-electron chi connectivity index (χ0n) is 8.77.